The van der Waals surface area contributed by atoms with Gasteiger partial charge in [0.25, 0.3) is 5.91 Å². The summed E-state index contributed by atoms with van der Waals surface area (Å²) in [6.07, 6.45) is 0. The molecular weight excluding hydrogens is 491 g/mol. The Kier molecular flexibility index (Phi) is 7.06. The van der Waals surface area contributed by atoms with E-state index >= 15 is 0 Å². The fourth-order valence-corrected chi connectivity index (χ4v) is 3.24. The Morgan fingerprint density at radius 2 is 1.75 bits per heavy atom. The number of hydrogen-bond donors (Lipinski definition) is 2. The topological polar surface area (TPSA) is 50.4 Å². The number of carbonyl (C=O) groups is 1. The molecule has 0 aliphatic heterocycles. The zero-order valence-electron chi connectivity index (χ0n) is 14.7. The quantitative estimate of drug-likeness (QED) is 0.413. The summed E-state index contributed by atoms with van der Waals surface area (Å²) < 4.78 is 20.9. The number of para-hydroxylation sites is 1. The third-order valence-electron chi connectivity index (χ3n) is 3.84. The number of nitrogens with one attached hydrogen (secondary N) is 2. The van der Waals surface area contributed by atoms with Gasteiger partial charge in [0.2, 0.25) is 0 Å². The number of ether oxygens (including phenoxy) is 1. The zero-order valence-corrected chi connectivity index (χ0v) is 17.9. The molecule has 2 N–H and O–H groups in total. The van der Waals surface area contributed by atoms with E-state index in [0.717, 1.165) is 20.2 Å². The van der Waals surface area contributed by atoms with E-state index in [4.69, 9.17) is 4.74 Å². The first-order valence-corrected chi connectivity index (χ1v) is 10.0. The Morgan fingerprint density at radius 1 is 1.00 bits per heavy atom. The van der Waals surface area contributed by atoms with Gasteiger partial charge in [0.15, 0.2) is 6.61 Å². The van der Waals surface area contributed by atoms with Gasteiger partial charge in [0.05, 0.1) is 10.2 Å². The maximum Gasteiger partial charge on any atom is 0.262 e. The molecule has 0 radical (unpaired) electrons. The normalized spacial score (nSPS) is 10.4. The van der Waals surface area contributed by atoms with Gasteiger partial charge in [-0.15, -0.1) is 0 Å². The molecule has 3 aromatic rings. The van der Waals surface area contributed by atoms with E-state index in [9.17, 15) is 9.18 Å². The van der Waals surface area contributed by atoms with Gasteiger partial charge in [-0.2, -0.15) is 0 Å². The van der Waals surface area contributed by atoms with Crippen molar-refractivity contribution in [1.82, 2.24) is 0 Å². The van der Waals surface area contributed by atoms with E-state index in [1.807, 2.05) is 36.4 Å². The summed E-state index contributed by atoms with van der Waals surface area (Å²) in [5.41, 5.74) is 2.20. The Balaban J connectivity index is 1.53. The average Bonchev–Trinajstić information content (AvgIpc) is 2.68. The van der Waals surface area contributed by atoms with Gasteiger partial charge in [0, 0.05) is 16.7 Å². The summed E-state index contributed by atoms with van der Waals surface area (Å²) in [5.74, 6) is -0.381. The van der Waals surface area contributed by atoms with E-state index < -0.39 is 11.7 Å². The molecule has 0 bridgehead atoms. The van der Waals surface area contributed by atoms with E-state index in [-0.39, 0.29) is 12.3 Å². The Morgan fingerprint density at radius 3 is 2.46 bits per heavy atom. The van der Waals surface area contributed by atoms with Crippen LogP contribution in [0.5, 0.6) is 5.75 Å². The highest BCUT2D eigenvalue weighted by Gasteiger charge is 2.09. The molecule has 3 rings (SSSR count). The molecule has 0 aromatic heterocycles. The summed E-state index contributed by atoms with van der Waals surface area (Å²) in [6, 6.07) is 19.6. The Hall–Kier alpha value is -2.38. The molecule has 0 saturated carbocycles. The SMILES string of the molecule is O=C(COc1ccc(CNc2ccc(Br)cc2)cc1Br)Nc1ccccc1F. The van der Waals surface area contributed by atoms with Crippen LogP contribution in [0.2, 0.25) is 0 Å². The van der Waals surface area contributed by atoms with Crippen molar-refractivity contribution in [3.8, 4) is 5.75 Å². The summed E-state index contributed by atoms with van der Waals surface area (Å²) in [5, 5.41) is 5.82. The van der Waals surface area contributed by atoms with Crippen molar-refractivity contribution < 1.29 is 13.9 Å². The van der Waals surface area contributed by atoms with Crippen molar-refractivity contribution in [2.45, 2.75) is 6.54 Å². The fourth-order valence-electron chi connectivity index (χ4n) is 2.44. The van der Waals surface area contributed by atoms with Crippen molar-refractivity contribution in [2.75, 3.05) is 17.2 Å². The number of benzene rings is 3. The first kappa shape index (κ1) is 20.4. The highest BCUT2D eigenvalue weighted by Crippen LogP contribution is 2.26. The van der Waals surface area contributed by atoms with Crippen molar-refractivity contribution in [3.05, 3.63) is 87.1 Å². The van der Waals surface area contributed by atoms with Crippen LogP contribution >= 0.6 is 31.9 Å². The van der Waals surface area contributed by atoms with Gasteiger partial charge < -0.3 is 15.4 Å². The molecule has 144 valence electrons. The monoisotopic (exact) mass is 506 g/mol. The zero-order chi connectivity index (χ0) is 19.9. The first-order chi connectivity index (χ1) is 13.5. The van der Waals surface area contributed by atoms with Gasteiger partial charge in [-0.05, 0) is 70.0 Å². The molecule has 0 spiro atoms. The van der Waals surface area contributed by atoms with Crippen LogP contribution in [0.4, 0.5) is 15.8 Å². The van der Waals surface area contributed by atoms with Crippen LogP contribution < -0.4 is 15.4 Å². The third kappa shape index (κ3) is 5.81. The predicted octanol–water partition coefficient (Wildman–Crippen LogP) is 5.98. The second-order valence-electron chi connectivity index (χ2n) is 5.94. The van der Waals surface area contributed by atoms with Crippen LogP contribution in [0.1, 0.15) is 5.56 Å². The highest BCUT2D eigenvalue weighted by molar-refractivity contribution is 9.10. The van der Waals surface area contributed by atoms with Crippen molar-refractivity contribution in [2.24, 2.45) is 0 Å². The molecule has 3 aromatic carbocycles. The number of rotatable bonds is 7. The maximum atomic E-state index is 13.6. The second kappa shape index (κ2) is 9.71. The molecule has 0 heterocycles. The van der Waals surface area contributed by atoms with E-state index in [0.29, 0.717) is 12.3 Å². The molecule has 0 aliphatic carbocycles. The van der Waals surface area contributed by atoms with Gasteiger partial charge >= 0.3 is 0 Å². The van der Waals surface area contributed by atoms with Crippen molar-refractivity contribution in [1.29, 1.82) is 0 Å². The lowest BCUT2D eigenvalue weighted by atomic mass is 10.2. The highest BCUT2D eigenvalue weighted by atomic mass is 79.9. The van der Waals surface area contributed by atoms with Crippen LogP contribution in [-0.4, -0.2) is 12.5 Å². The molecule has 28 heavy (non-hydrogen) atoms. The van der Waals surface area contributed by atoms with Crippen LogP contribution in [0, 0.1) is 5.82 Å². The molecule has 0 atom stereocenters. The van der Waals surface area contributed by atoms with Crippen LogP contribution in [-0.2, 0) is 11.3 Å². The minimum atomic E-state index is -0.486. The molecule has 0 unspecified atom stereocenters. The van der Waals surface area contributed by atoms with Crippen LogP contribution in [0.3, 0.4) is 0 Å². The van der Waals surface area contributed by atoms with E-state index in [1.165, 1.54) is 12.1 Å². The number of anilines is 2. The second-order valence-corrected chi connectivity index (χ2v) is 7.71. The standard InChI is InChI=1S/C21H17Br2FN2O2/c22-15-6-8-16(9-7-15)25-12-14-5-10-20(17(23)11-14)28-13-21(27)26-19-4-2-1-3-18(19)24/h1-11,25H,12-13H2,(H,26,27). The first-order valence-electron chi connectivity index (χ1n) is 8.46. The van der Waals surface area contributed by atoms with E-state index in [2.05, 4.69) is 42.5 Å². The van der Waals surface area contributed by atoms with Gasteiger partial charge in [-0.3, -0.25) is 4.79 Å². The molecule has 1 amide bonds. The van der Waals surface area contributed by atoms with Gasteiger partial charge in [-0.25, -0.2) is 4.39 Å². The van der Waals surface area contributed by atoms with Crippen LogP contribution in [0.25, 0.3) is 0 Å². The van der Waals surface area contributed by atoms with Crippen molar-refractivity contribution >= 4 is 49.1 Å². The largest absolute Gasteiger partial charge is 0.483 e. The summed E-state index contributed by atoms with van der Waals surface area (Å²) in [6.45, 7) is 0.428. The number of amides is 1. The summed E-state index contributed by atoms with van der Waals surface area (Å²) in [7, 11) is 0. The van der Waals surface area contributed by atoms with Crippen LogP contribution in [0.15, 0.2) is 75.7 Å². The molecule has 4 nitrogen and oxygen atoms in total. The summed E-state index contributed by atoms with van der Waals surface area (Å²) >= 11 is 6.87. The third-order valence-corrected chi connectivity index (χ3v) is 4.99. The van der Waals surface area contributed by atoms with E-state index in [1.54, 1.807) is 18.2 Å². The minimum Gasteiger partial charge on any atom is -0.483 e. The lowest BCUT2D eigenvalue weighted by Gasteiger charge is -2.11. The van der Waals surface area contributed by atoms with Crippen molar-refractivity contribution in [3.63, 3.8) is 0 Å². The maximum absolute atomic E-state index is 13.6. The minimum absolute atomic E-state index is 0.129. The molecule has 0 fully saturated rings. The Bertz CT molecular complexity index is 965. The molecular formula is C21H17Br2FN2O2. The molecule has 0 saturated heterocycles. The number of carbonyl (C=O) groups excluding carboxylic acids is 1. The molecule has 7 heteroatoms. The number of halogens is 3. The Labute approximate surface area is 179 Å². The fraction of sp³-hybridized carbons (Fsp3) is 0.0952. The lowest BCUT2D eigenvalue weighted by Crippen LogP contribution is -2.20. The predicted molar refractivity (Wildman–Crippen MR) is 116 cm³/mol. The van der Waals surface area contributed by atoms with Gasteiger partial charge in [-0.1, -0.05) is 34.1 Å². The lowest BCUT2D eigenvalue weighted by molar-refractivity contribution is -0.118. The number of hydrogen-bond acceptors (Lipinski definition) is 3. The average molecular weight is 508 g/mol. The smallest absolute Gasteiger partial charge is 0.262 e. The summed E-state index contributed by atoms with van der Waals surface area (Å²) in [4.78, 5) is 12.0. The molecule has 0 aliphatic rings. The van der Waals surface area contributed by atoms with Gasteiger partial charge in [0.1, 0.15) is 11.6 Å².